The lowest BCUT2D eigenvalue weighted by molar-refractivity contribution is 0.653. The number of rotatable bonds is 2. The molecule has 0 amide bonds. The largest absolute Gasteiger partial charge is 0.106 e. The average Bonchev–Trinajstić information content (AvgIpc) is 1.68. The van der Waals surface area contributed by atoms with Crippen LogP contribution in [0, 0.1) is 17.8 Å². The van der Waals surface area contributed by atoms with Crippen molar-refractivity contribution in [3.8, 4) is 11.8 Å². The SMILES string of the molecule is CC#CC(C)CCC. The van der Waals surface area contributed by atoms with Crippen LogP contribution in [0.2, 0.25) is 0 Å². The zero-order valence-corrected chi connectivity index (χ0v) is 5.99. The molecule has 0 heterocycles. The van der Waals surface area contributed by atoms with Gasteiger partial charge in [0.2, 0.25) is 0 Å². The monoisotopic (exact) mass is 110 g/mol. The van der Waals surface area contributed by atoms with Gasteiger partial charge in [0.25, 0.3) is 0 Å². The van der Waals surface area contributed by atoms with E-state index < -0.39 is 0 Å². The van der Waals surface area contributed by atoms with Crippen LogP contribution in [0.1, 0.15) is 33.6 Å². The first kappa shape index (κ1) is 7.56. The van der Waals surface area contributed by atoms with Gasteiger partial charge in [-0.1, -0.05) is 20.3 Å². The maximum Gasteiger partial charge on any atom is 0.0174 e. The van der Waals surface area contributed by atoms with Crippen molar-refractivity contribution < 1.29 is 0 Å². The highest BCUT2D eigenvalue weighted by atomic mass is 13.9. The van der Waals surface area contributed by atoms with E-state index in [4.69, 9.17) is 0 Å². The van der Waals surface area contributed by atoms with Gasteiger partial charge in [0.05, 0.1) is 0 Å². The summed E-state index contributed by atoms with van der Waals surface area (Å²) < 4.78 is 0. The summed E-state index contributed by atoms with van der Waals surface area (Å²) in [6, 6.07) is 0. The number of hydrogen-bond donors (Lipinski definition) is 0. The van der Waals surface area contributed by atoms with Gasteiger partial charge in [-0.3, -0.25) is 0 Å². The van der Waals surface area contributed by atoms with Crippen LogP contribution < -0.4 is 0 Å². The Labute approximate surface area is 52.3 Å². The molecular formula is C8H14. The van der Waals surface area contributed by atoms with E-state index in [1.165, 1.54) is 12.8 Å². The molecule has 8 heavy (non-hydrogen) atoms. The summed E-state index contributed by atoms with van der Waals surface area (Å²) in [5.41, 5.74) is 0. The molecule has 0 saturated carbocycles. The van der Waals surface area contributed by atoms with Gasteiger partial charge < -0.3 is 0 Å². The Kier molecular flexibility index (Phi) is 4.45. The molecule has 1 unspecified atom stereocenters. The second-order valence-corrected chi connectivity index (χ2v) is 2.08. The zero-order valence-electron chi connectivity index (χ0n) is 5.99. The average molecular weight is 110 g/mol. The Morgan fingerprint density at radius 1 is 1.50 bits per heavy atom. The maximum atomic E-state index is 3.10. The second kappa shape index (κ2) is 4.71. The Bertz CT molecular complexity index is 92.3. The zero-order chi connectivity index (χ0) is 6.41. The molecule has 0 fully saturated rings. The van der Waals surface area contributed by atoms with Crippen LogP contribution >= 0.6 is 0 Å². The highest BCUT2D eigenvalue weighted by molar-refractivity contribution is 4.98. The van der Waals surface area contributed by atoms with Crippen molar-refractivity contribution in [2.75, 3.05) is 0 Å². The third-order valence-corrected chi connectivity index (χ3v) is 1.11. The molecule has 0 radical (unpaired) electrons. The quantitative estimate of drug-likeness (QED) is 0.479. The van der Waals surface area contributed by atoms with Gasteiger partial charge in [-0.2, -0.15) is 0 Å². The van der Waals surface area contributed by atoms with Crippen molar-refractivity contribution in [2.45, 2.75) is 33.6 Å². The Morgan fingerprint density at radius 3 is 2.50 bits per heavy atom. The van der Waals surface area contributed by atoms with E-state index in [1.54, 1.807) is 0 Å². The van der Waals surface area contributed by atoms with Gasteiger partial charge >= 0.3 is 0 Å². The minimum Gasteiger partial charge on any atom is -0.106 e. The van der Waals surface area contributed by atoms with Gasteiger partial charge in [-0.25, -0.2) is 0 Å². The van der Waals surface area contributed by atoms with Crippen LogP contribution in [0.4, 0.5) is 0 Å². The van der Waals surface area contributed by atoms with Crippen LogP contribution in [0.25, 0.3) is 0 Å². The van der Waals surface area contributed by atoms with Gasteiger partial charge in [-0.05, 0) is 13.3 Å². The third-order valence-electron chi connectivity index (χ3n) is 1.11. The maximum absolute atomic E-state index is 3.10. The highest BCUT2D eigenvalue weighted by Gasteiger charge is 1.90. The molecule has 0 aromatic heterocycles. The molecule has 0 saturated heterocycles. The fourth-order valence-corrected chi connectivity index (χ4v) is 0.752. The second-order valence-electron chi connectivity index (χ2n) is 2.08. The molecule has 0 aromatic carbocycles. The van der Waals surface area contributed by atoms with Crippen LogP contribution in [0.5, 0.6) is 0 Å². The minimum absolute atomic E-state index is 0.602. The molecule has 0 aromatic rings. The summed E-state index contributed by atoms with van der Waals surface area (Å²) in [7, 11) is 0. The van der Waals surface area contributed by atoms with Crippen molar-refractivity contribution in [1.29, 1.82) is 0 Å². The van der Waals surface area contributed by atoms with E-state index >= 15 is 0 Å². The lowest BCUT2D eigenvalue weighted by Crippen LogP contribution is -1.86. The molecule has 0 rings (SSSR count). The molecule has 0 N–H and O–H groups in total. The van der Waals surface area contributed by atoms with E-state index in [0.29, 0.717) is 5.92 Å². The van der Waals surface area contributed by atoms with E-state index in [9.17, 15) is 0 Å². The van der Waals surface area contributed by atoms with Crippen molar-refractivity contribution in [3.63, 3.8) is 0 Å². The van der Waals surface area contributed by atoms with Gasteiger partial charge in [0.15, 0.2) is 0 Å². The lowest BCUT2D eigenvalue weighted by atomic mass is 10.1. The normalized spacial score (nSPS) is 11.9. The van der Waals surface area contributed by atoms with Crippen LogP contribution in [0.15, 0.2) is 0 Å². The topological polar surface area (TPSA) is 0 Å². The van der Waals surface area contributed by atoms with Crippen molar-refractivity contribution in [2.24, 2.45) is 5.92 Å². The molecule has 1 atom stereocenters. The molecule has 0 bridgehead atoms. The number of hydrogen-bond acceptors (Lipinski definition) is 0. The van der Waals surface area contributed by atoms with E-state index in [2.05, 4.69) is 25.7 Å². The Balaban J connectivity index is 3.27. The fourth-order valence-electron chi connectivity index (χ4n) is 0.752. The van der Waals surface area contributed by atoms with Crippen LogP contribution in [-0.2, 0) is 0 Å². The van der Waals surface area contributed by atoms with E-state index in [-0.39, 0.29) is 0 Å². The molecular weight excluding hydrogens is 96.1 g/mol. The summed E-state index contributed by atoms with van der Waals surface area (Å²) in [5, 5.41) is 0. The summed E-state index contributed by atoms with van der Waals surface area (Å²) in [6.45, 7) is 6.25. The van der Waals surface area contributed by atoms with E-state index in [1.807, 2.05) is 6.92 Å². The molecule has 0 aliphatic carbocycles. The molecule has 0 aliphatic heterocycles. The third kappa shape index (κ3) is 3.74. The Hall–Kier alpha value is -0.440. The molecule has 46 valence electrons. The molecule has 0 heteroatoms. The van der Waals surface area contributed by atoms with Crippen molar-refractivity contribution in [1.82, 2.24) is 0 Å². The van der Waals surface area contributed by atoms with Gasteiger partial charge in [0, 0.05) is 5.92 Å². The van der Waals surface area contributed by atoms with Gasteiger partial charge in [-0.15, -0.1) is 11.8 Å². The van der Waals surface area contributed by atoms with Gasteiger partial charge in [0.1, 0.15) is 0 Å². The first-order valence-electron chi connectivity index (χ1n) is 3.23. The first-order chi connectivity index (χ1) is 3.81. The fraction of sp³-hybridized carbons (Fsp3) is 0.750. The summed E-state index contributed by atoms with van der Waals surface area (Å²) in [4.78, 5) is 0. The van der Waals surface area contributed by atoms with E-state index in [0.717, 1.165) is 0 Å². The molecule has 0 spiro atoms. The predicted molar refractivity (Wildman–Crippen MR) is 37.5 cm³/mol. The minimum atomic E-state index is 0.602. The van der Waals surface area contributed by atoms with Crippen LogP contribution in [-0.4, -0.2) is 0 Å². The standard InChI is InChI=1S/C8H14/c1-4-6-8(3)7-5-2/h8H,4,6H2,1-3H3. The van der Waals surface area contributed by atoms with Crippen molar-refractivity contribution in [3.05, 3.63) is 0 Å². The summed E-state index contributed by atoms with van der Waals surface area (Å²) in [5.74, 6) is 6.60. The highest BCUT2D eigenvalue weighted by Crippen LogP contribution is 2.01. The summed E-state index contributed by atoms with van der Waals surface area (Å²) >= 11 is 0. The lowest BCUT2D eigenvalue weighted by Gasteiger charge is -1.96. The first-order valence-corrected chi connectivity index (χ1v) is 3.23. The molecule has 0 nitrogen and oxygen atoms in total. The van der Waals surface area contributed by atoms with Crippen molar-refractivity contribution >= 4 is 0 Å². The molecule has 0 aliphatic rings. The van der Waals surface area contributed by atoms with Crippen LogP contribution in [0.3, 0.4) is 0 Å². The Morgan fingerprint density at radius 2 is 2.12 bits per heavy atom. The summed E-state index contributed by atoms with van der Waals surface area (Å²) in [6.07, 6.45) is 2.48. The predicted octanol–water partition coefficient (Wildman–Crippen LogP) is 2.45. The smallest absolute Gasteiger partial charge is 0.0174 e.